The van der Waals surface area contributed by atoms with Crippen LogP contribution in [0.4, 0.5) is 23.2 Å². The van der Waals surface area contributed by atoms with Gasteiger partial charge in [0.05, 0.1) is 17.0 Å². The number of aromatic amines is 1. The minimum atomic E-state index is -2.62. The van der Waals surface area contributed by atoms with E-state index in [1.165, 1.54) is 19.1 Å². The Kier molecular flexibility index (Phi) is 11.1. The topological polar surface area (TPSA) is 137 Å². The number of hydrogen-bond acceptors (Lipinski definition) is 7. The number of nitrogens with two attached hydrogens (primary N) is 1. The number of fused-ring (bicyclic) bond motifs is 5. The van der Waals surface area contributed by atoms with Crippen molar-refractivity contribution in [3.63, 3.8) is 0 Å². The number of imide groups is 1. The van der Waals surface area contributed by atoms with Crippen molar-refractivity contribution in [2.45, 2.75) is 96.7 Å². The molecule has 3 aliphatic heterocycles. The Labute approximate surface area is 357 Å². The summed E-state index contributed by atoms with van der Waals surface area (Å²) in [6.07, 6.45) is 0.719. The summed E-state index contributed by atoms with van der Waals surface area (Å²) in [5.41, 5.74) is 10.4. The number of carbonyl (C=O) groups is 5. The number of hydrogen-bond donors (Lipinski definition) is 2. The number of nitrogens with zero attached hydrogens (tertiary/aromatic N) is 3. The van der Waals surface area contributed by atoms with E-state index in [0.29, 0.717) is 49.9 Å². The molecule has 0 bridgehead atoms. The normalized spacial score (nSPS) is 24.3. The molecule has 3 aromatic carbocycles. The molecule has 4 aromatic rings. The summed E-state index contributed by atoms with van der Waals surface area (Å²) < 4.78 is 60.3. The third-order valence-corrected chi connectivity index (χ3v) is 14.5. The zero-order valence-electron chi connectivity index (χ0n) is 34.9. The second-order valence-electron chi connectivity index (χ2n) is 18.5. The molecule has 0 radical (unpaired) electrons. The van der Waals surface area contributed by atoms with E-state index >= 15 is 8.78 Å². The second-order valence-corrected chi connectivity index (χ2v) is 18.5. The average Bonchev–Trinajstić information content (AvgIpc) is 3.85. The van der Waals surface area contributed by atoms with E-state index in [0.717, 1.165) is 64.7 Å². The van der Waals surface area contributed by atoms with Crippen molar-refractivity contribution < 1.29 is 41.5 Å². The van der Waals surface area contributed by atoms with Crippen molar-refractivity contribution in [3.8, 4) is 0 Å². The number of Topliss-reactive ketones (excluding diaryl/α,β-unsaturated/α-hetero) is 2. The van der Waals surface area contributed by atoms with E-state index in [4.69, 9.17) is 5.73 Å². The lowest BCUT2D eigenvalue weighted by Crippen LogP contribution is -2.52. The molecule has 4 atom stereocenters. The summed E-state index contributed by atoms with van der Waals surface area (Å²) in [4.78, 5) is 72.5. The smallest absolute Gasteiger partial charge is 0.262 e. The van der Waals surface area contributed by atoms with E-state index in [1.54, 1.807) is 12.1 Å². The van der Waals surface area contributed by atoms with E-state index in [2.05, 4.69) is 9.88 Å². The quantitative estimate of drug-likeness (QED) is 0.104. The molecule has 0 spiro atoms. The monoisotopic (exact) mass is 853 g/mol. The van der Waals surface area contributed by atoms with Gasteiger partial charge < -0.3 is 20.4 Å². The Morgan fingerprint density at radius 3 is 2.11 bits per heavy atom. The number of H-pyrrole nitrogens is 1. The largest absolute Gasteiger partial charge is 0.370 e. The van der Waals surface area contributed by atoms with Gasteiger partial charge in [0.15, 0.2) is 0 Å². The summed E-state index contributed by atoms with van der Waals surface area (Å²) in [7, 11) is 0. The highest BCUT2D eigenvalue weighted by Crippen LogP contribution is 2.50. The summed E-state index contributed by atoms with van der Waals surface area (Å²) in [5.74, 6) is -5.27. The molecule has 62 heavy (non-hydrogen) atoms. The van der Waals surface area contributed by atoms with Crippen molar-refractivity contribution in [2.75, 3.05) is 24.5 Å². The Balaban J connectivity index is 0.795. The fraction of sp³-hybridized carbons (Fsp3) is 0.479. The second kappa shape index (κ2) is 16.4. The van der Waals surface area contributed by atoms with Crippen LogP contribution in [0.2, 0.25) is 0 Å². The van der Waals surface area contributed by atoms with Gasteiger partial charge in [-0.25, -0.2) is 17.6 Å². The first kappa shape index (κ1) is 42.0. The average molecular weight is 854 g/mol. The molecule has 9 rings (SSSR count). The number of primary amides is 1. The highest BCUT2D eigenvalue weighted by Gasteiger charge is 2.45. The summed E-state index contributed by atoms with van der Waals surface area (Å²) in [5, 5.41) is 0.938. The van der Waals surface area contributed by atoms with Gasteiger partial charge in [0.1, 0.15) is 29.2 Å². The molecule has 5 aliphatic rings. The maximum absolute atomic E-state index is 16.2. The maximum Gasteiger partial charge on any atom is 0.262 e. The SMILES string of the molecule is CC(=O)CCC(C(N)=O)N1C(=O)c2cc3c(cc2C1=O)CN(CC1CCC(C(=O)C2CN(c4cc(F)c([C@@H]5c6[nH]c7ccccc7c6C[C@@H](C)C5CC(F)F)c(F)c4)C2)CC1)C3. The molecule has 326 valence electrons. The molecule has 1 saturated heterocycles. The number of ketones is 2. The first-order valence-corrected chi connectivity index (χ1v) is 21.9. The van der Waals surface area contributed by atoms with Crippen molar-refractivity contribution in [1.29, 1.82) is 0 Å². The third kappa shape index (κ3) is 7.51. The van der Waals surface area contributed by atoms with E-state index in [-0.39, 0.29) is 58.9 Å². The first-order chi connectivity index (χ1) is 29.7. The number of halogens is 4. The molecular formula is C48H51F4N5O5. The van der Waals surface area contributed by atoms with Gasteiger partial charge in [-0.05, 0) is 110 Å². The number of aromatic nitrogens is 1. The molecule has 2 aliphatic carbocycles. The zero-order valence-corrected chi connectivity index (χ0v) is 34.9. The molecule has 1 saturated carbocycles. The number of amides is 3. The first-order valence-electron chi connectivity index (χ1n) is 21.9. The third-order valence-electron chi connectivity index (χ3n) is 14.5. The lowest BCUT2D eigenvalue weighted by Gasteiger charge is -2.43. The molecule has 2 fully saturated rings. The van der Waals surface area contributed by atoms with Crippen LogP contribution in [0.25, 0.3) is 10.9 Å². The van der Waals surface area contributed by atoms with Crippen molar-refractivity contribution in [1.82, 2.24) is 14.8 Å². The molecule has 14 heteroatoms. The molecule has 10 nitrogen and oxygen atoms in total. The Morgan fingerprint density at radius 2 is 1.52 bits per heavy atom. The lowest BCUT2D eigenvalue weighted by atomic mass is 9.67. The highest BCUT2D eigenvalue weighted by atomic mass is 19.3. The summed E-state index contributed by atoms with van der Waals surface area (Å²) in [6.45, 7) is 5.99. The number of nitrogens with one attached hydrogen (secondary N) is 1. The predicted molar refractivity (Wildman–Crippen MR) is 224 cm³/mol. The Morgan fingerprint density at radius 1 is 0.887 bits per heavy atom. The lowest BCUT2D eigenvalue weighted by molar-refractivity contribution is -0.129. The van der Waals surface area contributed by atoms with Crippen LogP contribution in [-0.4, -0.2) is 76.2 Å². The zero-order chi connectivity index (χ0) is 43.7. The maximum atomic E-state index is 16.2. The fourth-order valence-corrected chi connectivity index (χ4v) is 11.3. The van der Waals surface area contributed by atoms with Gasteiger partial charge in [-0.2, -0.15) is 0 Å². The van der Waals surface area contributed by atoms with Crippen LogP contribution in [0.5, 0.6) is 0 Å². The van der Waals surface area contributed by atoms with E-state index in [9.17, 15) is 32.8 Å². The molecule has 3 amide bonds. The van der Waals surface area contributed by atoms with Crippen LogP contribution in [-0.2, 0) is 33.9 Å². The summed E-state index contributed by atoms with van der Waals surface area (Å²) in [6, 6.07) is 12.5. The van der Waals surface area contributed by atoms with Crippen LogP contribution >= 0.6 is 0 Å². The van der Waals surface area contributed by atoms with Crippen molar-refractivity contribution >= 4 is 45.9 Å². The van der Waals surface area contributed by atoms with Gasteiger partial charge in [0.2, 0.25) is 12.3 Å². The van der Waals surface area contributed by atoms with Gasteiger partial charge in [-0.15, -0.1) is 0 Å². The van der Waals surface area contributed by atoms with Gasteiger partial charge in [-0.1, -0.05) is 25.1 Å². The minimum absolute atomic E-state index is 0.0154. The number of anilines is 1. The molecular weight excluding hydrogens is 803 g/mol. The highest BCUT2D eigenvalue weighted by molar-refractivity contribution is 6.23. The number of alkyl halides is 2. The molecule has 4 heterocycles. The molecule has 2 unspecified atom stereocenters. The Bertz CT molecular complexity index is 2420. The van der Waals surface area contributed by atoms with Gasteiger partial charge in [0, 0.05) is 85.2 Å². The fourth-order valence-electron chi connectivity index (χ4n) is 11.3. The van der Waals surface area contributed by atoms with Crippen LogP contribution < -0.4 is 10.6 Å². The number of rotatable bonds is 13. The van der Waals surface area contributed by atoms with E-state index < -0.39 is 60.1 Å². The van der Waals surface area contributed by atoms with Crippen molar-refractivity contribution in [3.05, 3.63) is 99.2 Å². The van der Waals surface area contributed by atoms with Crippen LogP contribution in [0.3, 0.4) is 0 Å². The van der Waals surface area contributed by atoms with Crippen LogP contribution in [0.1, 0.15) is 113 Å². The predicted octanol–water partition coefficient (Wildman–Crippen LogP) is 7.69. The molecule has 1 aromatic heterocycles. The summed E-state index contributed by atoms with van der Waals surface area (Å²) >= 11 is 0. The molecule has 3 N–H and O–H groups in total. The van der Waals surface area contributed by atoms with Crippen LogP contribution in [0, 0.1) is 41.2 Å². The Hall–Kier alpha value is -5.37. The van der Waals surface area contributed by atoms with Gasteiger partial charge in [0.25, 0.3) is 11.8 Å². The minimum Gasteiger partial charge on any atom is -0.370 e. The van der Waals surface area contributed by atoms with E-state index in [1.807, 2.05) is 36.1 Å². The number of benzene rings is 3. The van der Waals surface area contributed by atoms with Gasteiger partial charge >= 0.3 is 0 Å². The number of para-hydroxylation sites is 1. The van der Waals surface area contributed by atoms with Crippen LogP contribution in [0.15, 0.2) is 48.5 Å². The van der Waals surface area contributed by atoms with Gasteiger partial charge in [-0.3, -0.25) is 29.0 Å². The number of carbonyl (C=O) groups excluding carboxylic acids is 5. The standard InChI is InChI=1S/C48H51F4N5O5/c1-24-13-34-32-5-3-4-6-39(32)54-44(34)42(33(24)18-41(51)52)43-37(49)16-31(17-38(43)50)56-22-30(23-56)45(59)27-10-8-26(9-11-27)19-55-20-28-14-35-36(15-29(28)21-55)48(62)57(47(35)61)40(46(53)60)12-7-25(2)58/h3-6,14-17,24,26-27,30,33,40-42,54H,7-13,18-23H2,1-2H3,(H2,53,60)/t24-,26?,27?,33?,40?,42-/m1/s1. The van der Waals surface area contributed by atoms with Crippen molar-refractivity contribution in [2.24, 2.45) is 35.3 Å².